The number of para-hydroxylation sites is 2. The van der Waals surface area contributed by atoms with Crippen molar-refractivity contribution in [3.05, 3.63) is 70.0 Å². The summed E-state index contributed by atoms with van der Waals surface area (Å²) >= 11 is 0. The monoisotopic (exact) mass is 365 g/mol. The lowest BCUT2D eigenvalue weighted by atomic mass is 10.2. The van der Waals surface area contributed by atoms with Crippen molar-refractivity contribution < 1.29 is 14.1 Å². The third-order valence-corrected chi connectivity index (χ3v) is 4.87. The molecule has 1 saturated heterocycles. The van der Waals surface area contributed by atoms with Crippen molar-refractivity contribution >= 4 is 28.3 Å². The maximum absolute atomic E-state index is 12.8. The highest BCUT2D eigenvalue weighted by Gasteiger charge is 2.27. The fourth-order valence-electron chi connectivity index (χ4n) is 3.46. The maximum Gasteiger partial charge on any atom is 0.292 e. The number of furan rings is 1. The highest BCUT2D eigenvalue weighted by Crippen LogP contribution is 2.29. The molecule has 0 spiro atoms. The number of aryl methyl sites for hydroxylation is 1. The number of amides is 1. The van der Waals surface area contributed by atoms with Crippen LogP contribution >= 0.6 is 0 Å². The smallest absolute Gasteiger partial charge is 0.292 e. The van der Waals surface area contributed by atoms with Gasteiger partial charge in [0.1, 0.15) is 11.3 Å². The van der Waals surface area contributed by atoms with E-state index in [4.69, 9.17) is 4.42 Å². The van der Waals surface area contributed by atoms with E-state index in [1.165, 1.54) is 6.07 Å². The molecule has 0 aliphatic carbocycles. The van der Waals surface area contributed by atoms with E-state index >= 15 is 0 Å². The molecule has 0 saturated carbocycles. The van der Waals surface area contributed by atoms with Gasteiger partial charge in [-0.1, -0.05) is 23.8 Å². The number of carbonyl (C=O) groups excluding carboxylic acids is 1. The summed E-state index contributed by atoms with van der Waals surface area (Å²) in [5.41, 5.74) is 2.49. The Kier molecular flexibility index (Phi) is 4.27. The summed E-state index contributed by atoms with van der Waals surface area (Å²) in [6.07, 6.45) is 0. The first-order valence-electron chi connectivity index (χ1n) is 8.81. The number of nitro benzene ring substituents is 1. The van der Waals surface area contributed by atoms with E-state index in [1.807, 2.05) is 30.0 Å². The van der Waals surface area contributed by atoms with Crippen LogP contribution in [0.4, 0.5) is 11.4 Å². The minimum absolute atomic E-state index is 0.0879. The number of piperazine rings is 1. The summed E-state index contributed by atoms with van der Waals surface area (Å²) in [7, 11) is 0. The number of carbonyl (C=O) groups is 1. The number of anilines is 1. The molecule has 4 rings (SSSR count). The molecule has 7 heteroatoms. The zero-order valence-corrected chi connectivity index (χ0v) is 14.9. The number of rotatable bonds is 3. The van der Waals surface area contributed by atoms with E-state index in [1.54, 1.807) is 29.2 Å². The first-order chi connectivity index (χ1) is 13.0. The Labute approximate surface area is 155 Å². The molecule has 27 heavy (non-hydrogen) atoms. The van der Waals surface area contributed by atoms with Crippen LogP contribution in [-0.4, -0.2) is 41.9 Å². The summed E-state index contributed by atoms with van der Waals surface area (Å²) < 4.78 is 5.71. The second kappa shape index (κ2) is 6.75. The van der Waals surface area contributed by atoms with Crippen LogP contribution in [0.1, 0.15) is 16.1 Å². The zero-order chi connectivity index (χ0) is 19.0. The van der Waals surface area contributed by atoms with Gasteiger partial charge in [0.25, 0.3) is 11.6 Å². The molecular weight excluding hydrogens is 346 g/mol. The summed E-state index contributed by atoms with van der Waals surface area (Å²) in [5, 5.41) is 12.1. The van der Waals surface area contributed by atoms with Gasteiger partial charge in [-0.3, -0.25) is 14.9 Å². The van der Waals surface area contributed by atoms with Gasteiger partial charge >= 0.3 is 0 Å². The van der Waals surface area contributed by atoms with Crippen LogP contribution in [0.2, 0.25) is 0 Å². The summed E-state index contributed by atoms with van der Waals surface area (Å²) in [6.45, 7) is 4.05. The molecule has 1 aliphatic rings. The molecule has 1 aliphatic heterocycles. The van der Waals surface area contributed by atoms with Crippen molar-refractivity contribution in [3.8, 4) is 0 Å². The SMILES string of the molecule is Cc1ccc2oc(C(=O)N3CCN(c4ccccc4[N+](=O)[O-])CC3)cc2c1. The van der Waals surface area contributed by atoms with Gasteiger partial charge in [0, 0.05) is 37.6 Å². The third-order valence-electron chi connectivity index (χ3n) is 4.87. The molecule has 1 fully saturated rings. The van der Waals surface area contributed by atoms with Crippen molar-refractivity contribution in [1.82, 2.24) is 4.90 Å². The predicted molar refractivity (Wildman–Crippen MR) is 102 cm³/mol. The van der Waals surface area contributed by atoms with Gasteiger partial charge in [-0.05, 0) is 31.2 Å². The highest BCUT2D eigenvalue weighted by atomic mass is 16.6. The Hall–Kier alpha value is -3.35. The van der Waals surface area contributed by atoms with Crippen molar-refractivity contribution in [2.75, 3.05) is 31.1 Å². The molecule has 2 heterocycles. The highest BCUT2D eigenvalue weighted by molar-refractivity contribution is 5.96. The third kappa shape index (κ3) is 3.23. The lowest BCUT2D eigenvalue weighted by Gasteiger charge is -2.35. The average Bonchev–Trinajstić information content (AvgIpc) is 3.10. The molecule has 0 N–H and O–H groups in total. The molecule has 2 aromatic carbocycles. The fraction of sp³-hybridized carbons (Fsp3) is 0.250. The van der Waals surface area contributed by atoms with E-state index in [9.17, 15) is 14.9 Å². The maximum atomic E-state index is 12.8. The lowest BCUT2D eigenvalue weighted by molar-refractivity contribution is -0.384. The minimum atomic E-state index is -0.372. The second-order valence-corrected chi connectivity index (χ2v) is 6.68. The number of hydrogen-bond donors (Lipinski definition) is 0. The van der Waals surface area contributed by atoms with E-state index in [-0.39, 0.29) is 16.5 Å². The lowest BCUT2D eigenvalue weighted by Crippen LogP contribution is -2.48. The Bertz CT molecular complexity index is 1020. The van der Waals surface area contributed by atoms with Crippen LogP contribution in [0.3, 0.4) is 0 Å². The molecule has 138 valence electrons. The molecule has 0 atom stereocenters. The Morgan fingerprint density at radius 2 is 1.81 bits per heavy atom. The van der Waals surface area contributed by atoms with Crippen LogP contribution in [0.25, 0.3) is 11.0 Å². The summed E-state index contributed by atoms with van der Waals surface area (Å²) in [6, 6.07) is 14.3. The van der Waals surface area contributed by atoms with Crippen molar-refractivity contribution in [3.63, 3.8) is 0 Å². The summed E-state index contributed by atoms with van der Waals surface area (Å²) in [5.74, 6) is 0.181. The van der Waals surface area contributed by atoms with E-state index in [0.29, 0.717) is 43.2 Å². The Balaban J connectivity index is 1.48. The van der Waals surface area contributed by atoms with Gasteiger partial charge in [0.15, 0.2) is 5.76 Å². The number of nitrogens with zero attached hydrogens (tertiary/aromatic N) is 3. The van der Waals surface area contributed by atoms with Gasteiger partial charge in [-0.25, -0.2) is 0 Å². The molecule has 0 unspecified atom stereocenters. The topological polar surface area (TPSA) is 79.8 Å². The largest absolute Gasteiger partial charge is 0.451 e. The average molecular weight is 365 g/mol. The van der Waals surface area contributed by atoms with E-state index in [0.717, 1.165) is 10.9 Å². The van der Waals surface area contributed by atoms with Crippen molar-refractivity contribution in [1.29, 1.82) is 0 Å². The quantitative estimate of drug-likeness (QED) is 0.523. The predicted octanol–water partition coefficient (Wildman–Crippen LogP) is 3.61. The van der Waals surface area contributed by atoms with Gasteiger partial charge < -0.3 is 14.2 Å². The number of fused-ring (bicyclic) bond motifs is 1. The zero-order valence-electron chi connectivity index (χ0n) is 14.9. The fourth-order valence-corrected chi connectivity index (χ4v) is 3.46. The van der Waals surface area contributed by atoms with Gasteiger partial charge in [-0.2, -0.15) is 0 Å². The first kappa shape index (κ1) is 17.1. The number of nitro groups is 1. The van der Waals surface area contributed by atoms with Crippen LogP contribution in [0.5, 0.6) is 0 Å². The second-order valence-electron chi connectivity index (χ2n) is 6.68. The molecule has 3 aromatic rings. The summed E-state index contributed by atoms with van der Waals surface area (Å²) in [4.78, 5) is 27.3. The van der Waals surface area contributed by atoms with Crippen LogP contribution in [0.15, 0.2) is 52.9 Å². The molecular formula is C20H19N3O4. The molecule has 0 bridgehead atoms. The molecule has 1 amide bonds. The minimum Gasteiger partial charge on any atom is -0.451 e. The molecule has 1 aromatic heterocycles. The van der Waals surface area contributed by atoms with Crippen LogP contribution in [0, 0.1) is 17.0 Å². The molecule has 7 nitrogen and oxygen atoms in total. The van der Waals surface area contributed by atoms with Gasteiger partial charge in [-0.15, -0.1) is 0 Å². The van der Waals surface area contributed by atoms with Crippen molar-refractivity contribution in [2.24, 2.45) is 0 Å². The first-order valence-corrected chi connectivity index (χ1v) is 8.81. The van der Waals surface area contributed by atoms with Crippen LogP contribution < -0.4 is 4.90 Å². The Morgan fingerprint density at radius 1 is 1.07 bits per heavy atom. The van der Waals surface area contributed by atoms with E-state index in [2.05, 4.69) is 0 Å². The Morgan fingerprint density at radius 3 is 2.56 bits per heavy atom. The van der Waals surface area contributed by atoms with Gasteiger partial charge in [0.05, 0.1) is 4.92 Å². The van der Waals surface area contributed by atoms with Crippen molar-refractivity contribution in [2.45, 2.75) is 6.92 Å². The standard InChI is InChI=1S/C20H19N3O4/c1-14-6-7-18-15(12-14)13-19(27-18)20(24)22-10-8-21(9-11-22)16-4-2-3-5-17(16)23(25)26/h2-7,12-13H,8-11H2,1H3. The number of hydrogen-bond acceptors (Lipinski definition) is 5. The molecule has 0 radical (unpaired) electrons. The normalized spacial score (nSPS) is 14.6. The van der Waals surface area contributed by atoms with Crippen LogP contribution in [-0.2, 0) is 0 Å². The van der Waals surface area contributed by atoms with Gasteiger partial charge in [0.2, 0.25) is 0 Å². The number of benzene rings is 2. The van der Waals surface area contributed by atoms with E-state index < -0.39 is 0 Å².